The molecule has 0 bridgehead atoms. The van der Waals surface area contributed by atoms with Crippen molar-refractivity contribution in [2.75, 3.05) is 5.73 Å². The predicted octanol–water partition coefficient (Wildman–Crippen LogP) is 1.16. The van der Waals surface area contributed by atoms with E-state index in [0.29, 0.717) is 29.2 Å². The average molecular weight is 246 g/mol. The molecular formula is C12H18N6. The van der Waals surface area contributed by atoms with E-state index in [2.05, 4.69) is 19.5 Å². The molecule has 6 heteroatoms. The van der Waals surface area contributed by atoms with Gasteiger partial charge in [0.25, 0.3) is 0 Å². The highest BCUT2D eigenvalue weighted by Crippen LogP contribution is 2.30. The first-order valence-electron chi connectivity index (χ1n) is 6.37. The van der Waals surface area contributed by atoms with Gasteiger partial charge in [0.2, 0.25) is 0 Å². The van der Waals surface area contributed by atoms with Crippen molar-refractivity contribution in [3.8, 4) is 0 Å². The van der Waals surface area contributed by atoms with Crippen LogP contribution >= 0.6 is 0 Å². The third-order valence-corrected chi connectivity index (χ3v) is 3.69. The second kappa shape index (κ2) is 4.20. The number of nitrogens with zero attached hydrogens (tertiary/aromatic N) is 4. The lowest BCUT2D eigenvalue weighted by Crippen LogP contribution is -2.27. The number of aromatic nitrogens is 4. The Kier molecular flexibility index (Phi) is 2.66. The van der Waals surface area contributed by atoms with Crippen molar-refractivity contribution in [3.63, 3.8) is 0 Å². The summed E-state index contributed by atoms with van der Waals surface area (Å²) in [6.45, 7) is 1.85. The Morgan fingerprint density at radius 2 is 1.94 bits per heavy atom. The highest BCUT2D eigenvalue weighted by Gasteiger charge is 2.22. The fraction of sp³-hybridized carbons (Fsp3) is 0.583. The third-order valence-electron chi connectivity index (χ3n) is 3.69. The molecule has 0 spiro atoms. The Balaban J connectivity index is 2.02. The highest BCUT2D eigenvalue weighted by atomic mass is 15.2. The molecule has 1 saturated carbocycles. The van der Waals surface area contributed by atoms with Gasteiger partial charge in [-0.2, -0.15) is 0 Å². The van der Waals surface area contributed by atoms with E-state index in [1.54, 1.807) is 0 Å². The Labute approximate surface area is 105 Å². The van der Waals surface area contributed by atoms with Crippen LogP contribution in [0.5, 0.6) is 0 Å². The standard InChI is InChI=1S/C12H18N6/c1-7-16-11(14)10-12(17-7)18(6-15-10)9-4-2-8(13)3-5-9/h6,8-9H,2-5,13H2,1H3,(H2,14,16,17). The van der Waals surface area contributed by atoms with Crippen LogP contribution in [0.25, 0.3) is 11.2 Å². The van der Waals surface area contributed by atoms with E-state index in [4.69, 9.17) is 11.5 Å². The van der Waals surface area contributed by atoms with Crippen LogP contribution in [0.15, 0.2) is 6.33 Å². The fourth-order valence-electron chi connectivity index (χ4n) is 2.70. The molecule has 2 aromatic heterocycles. The lowest BCUT2D eigenvalue weighted by molar-refractivity contribution is 0.328. The van der Waals surface area contributed by atoms with E-state index in [1.807, 2.05) is 13.3 Å². The molecule has 18 heavy (non-hydrogen) atoms. The molecule has 3 rings (SSSR count). The number of fused-ring (bicyclic) bond motifs is 1. The molecule has 0 unspecified atom stereocenters. The molecule has 0 aromatic carbocycles. The van der Waals surface area contributed by atoms with Gasteiger partial charge in [-0.25, -0.2) is 15.0 Å². The molecule has 1 aliphatic rings. The number of rotatable bonds is 1. The van der Waals surface area contributed by atoms with Crippen molar-refractivity contribution in [2.24, 2.45) is 5.73 Å². The van der Waals surface area contributed by atoms with Crippen LogP contribution in [0.2, 0.25) is 0 Å². The van der Waals surface area contributed by atoms with Crippen molar-refractivity contribution in [1.82, 2.24) is 19.5 Å². The van der Waals surface area contributed by atoms with E-state index in [1.165, 1.54) is 0 Å². The van der Waals surface area contributed by atoms with Gasteiger partial charge in [-0.15, -0.1) is 0 Å². The van der Waals surface area contributed by atoms with Gasteiger partial charge in [0.15, 0.2) is 11.5 Å². The van der Waals surface area contributed by atoms with Crippen LogP contribution in [-0.2, 0) is 0 Å². The molecule has 96 valence electrons. The number of hydrogen-bond donors (Lipinski definition) is 2. The first-order chi connectivity index (χ1) is 8.65. The molecular weight excluding hydrogens is 228 g/mol. The van der Waals surface area contributed by atoms with Crippen LogP contribution in [0.3, 0.4) is 0 Å². The molecule has 0 atom stereocenters. The molecule has 6 nitrogen and oxygen atoms in total. The van der Waals surface area contributed by atoms with Crippen LogP contribution in [0.4, 0.5) is 5.82 Å². The van der Waals surface area contributed by atoms with Crippen LogP contribution < -0.4 is 11.5 Å². The normalized spacial score (nSPS) is 24.6. The topological polar surface area (TPSA) is 95.6 Å². The summed E-state index contributed by atoms with van der Waals surface area (Å²) in [7, 11) is 0. The Bertz CT molecular complexity index is 567. The molecule has 1 aliphatic carbocycles. The maximum Gasteiger partial charge on any atom is 0.166 e. The molecule has 0 radical (unpaired) electrons. The van der Waals surface area contributed by atoms with Crippen molar-refractivity contribution in [3.05, 3.63) is 12.2 Å². The summed E-state index contributed by atoms with van der Waals surface area (Å²) in [6, 6.07) is 0.779. The first kappa shape index (κ1) is 11.4. The van der Waals surface area contributed by atoms with Crippen LogP contribution in [-0.4, -0.2) is 25.6 Å². The second-order valence-electron chi connectivity index (χ2n) is 5.05. The smallest absolute Gasteiger partial charge is 0.166 e. The Morgan fingerprint density at radius 3 is 2.67 bits per heavy atom. The number of aryl methyl sites for hydroxylation is 1. The molecule has 2 heterocycles. The van der Waals surface area contributed by atoms with Crippen molar-refractivity contribution in [1.29, 1.82) is 0 Å². The first-order valence-corrected chi connectivity index (χ1v) is 6.37. The zero-order valence-electron chi connectivity index (χ0n) is 10.5. The molecule has 2 aromatic rings. The van der Waals surface area contributed by atoms with E-state index < -0.39 is 0 Å². The maximum absolute atomic E-state index is 5.94. The maximum atomic E-state index is 5.94. The highest BCUT2D eigenvalue weighted by molar-refractivity contribution is 5.81. The molecule has 0 saturated heterocycles. The summed E-state index contributed by atoms with van der Waals surface area (Å²) >= 11 is 0. The molecule has 0 aliphatic heterocycles. The van der Waals surface area contributed by atoms with Crippen LogP contribution in [0.1, 0.15) is 37.5 Å². The summed E-state index contributed by atoms with van der Waals surface area (Å²) in [6.07, 6.45) is 6.11. The van der Waals surface area contributed by atoms with Crippen molar-refractivity contribution >= 4 is 17.0 Å². The van der Waals surface area contributed by atoms with Crippen molar-refractivity contribution < 1.29 is 0 Å². The molecule has 1 fully saturated rings. The van der Waals surface area contributed by atoms with Gasteiger partial charge in [0, 0.05) is 12.1 Å². The summed E-state index contributed by atoms with van der Waals surface area (Å²) in [5.41, 5.74) is 13.4. The van der Waals surface area contributed by atoms with Gasteiger partial charge >= 0.3 is 0 Å². The SMILES string of the molecule is Cc1nc(N)c2ncn(C3CCC(N)CC3)c2n1. The predicted molar refractivity (Wildman–Crippen MR) is 70.0 cm³/mol. The van der Waals surface area contributed by atoms with E-state index in [-0.39, 0.29) is 0 Å². The number of anilines is 1. The van der Waals surface area contributed by atoms with E-state index >= 15 is 0 Å². The monoisotopic (exact) mass is 246 g/mol. The number of hydrogen-bond acceptors (Lipinski definition) is 5. The third kappa shape index (κ3) is 1.82. The largest absolute Gasteiger partial charge is 0.382 e. The van der Waals surface area contributed by atoms with Gasteiger partial charge in [0.1, 0.15) is 11.3 Å². The number of nitrogen functional groups attached to an aromatic ring is 1. The van der Waals surface area contributed by atoms with E-state index in [9.17, 15) is 0 Å². The minimum Gasteiger partial charge on any atom is -0.382 e. The lowest BCUT2D eigenvalue weighted by Gasteiger charge is -2.27. The zero-order valence-corrected chi connectivity index (χ0v) is 10.5. The number of nitrogens with two attached hydrogens (primary N) is 2. The van der Waals surface area contributed by atoms with Gasteiger partial charge in [-0.05, 0) is 32.6 Å². The van der Waals surface area contributed by atoms with Gasteiger partial charge in [-0.3, -0.25) is 0 Å². The van der Waals surface area contributed by atoms with Gasteiger partial charge in [-0.1, -0.05) is 0 Å². The zero-order chi connectivity index (χ0) is 12.7. The average Bonchev–Trinajstić information content (AvgIpc) is 2.74. The second-order valence-corrected chi connectivity index (χ2v) is 5.05. The summed E-state index contributed by atoms with van der Waals surface area (Å²) in [5, 5.41) is 0. The summed E-state index contributed by atoms with van der Waals surface area (Å²) in [4.78, 5) is 12.9. The summed E-state index contributed by atoms with van der Waals surface area (Å²) in [5.74, 6) is 1.15. The Hall–Kier alpha value is -1.69. The minimum atomic E-state index is 0.345. The quantitative estimate of drug-likeness (QED) is 0.787. The molecule has 4 N–H and O–H groups in total. The Morgan fingerprint density at radius 1 is 1.22 bits per heavy atom. The molecule has 0 amide bonds. The van der Waals surface area contributed by atoms with Gasteiger partial charge in [0.05, 0.1) is 6.33 Å². The number of imidazole rings is 1. The van der Waals surface area contributed by atoms with Gasteiger partial charge < -0.3 is 16.0 Å². The minimum absolute atomic E-state index is 0.345. The van der Waals surface area contributed by atoms with Crippen molar-refractivity contribution in [2.45, 2.75) is 44.7 Å². The van der Waals surface area contributed by atoms with E-state index in [0.717, 1.165) is 31.3 Å². The summed E-state index contributed by atoms with van der Waals surface area (Å²) < 4.78 is 2.13. The van der Waals surface area contributed by atoms with Crippen LogP contribution in [0, 0.1) is 6.92 Å². The fourth-order valence-corrected chi connectivity index (χ4v) is 2.70. The lowest BCUT2D eigenvalue weighted by atomic mass is 9.92.